The van der Waals surface area contributed by atoms with E-state index in [1.165, 1.54) is 12.8 Å². The summed E-state index contributed by atoms with van der Waals surface area (Å²) in [6.07, 6.45) is 9.17. The Bertz CT molecular complexity index is 281. The maximum atomic E-state index is 11.6. The molecule has 104 valence electrons. The Morgan fingerprint density at radius 2 is 2.33 bits per heavy atom. The van der Waals surface area contributed by atoms with Crippen LogP contribution in [0.3, 0.4) is 0 Å². The van der Waals surface area contributed by atoms with Crippen molar-refractivity contribution in [1.82, 2.24) is 4.90 Å². The molecule has 0 aromatic carbocycles. The predicted molar refractivity (Wildman–Crippen MR) is 77.9 cm³/mol. The van der Waals surface area contributed by atoms with Crippen LogP contribution in [0.4, 0.5) is 0 Å². The van der Waals surface area contributed by atoms with E-state index in [9.17, 15) is 9.90 Å². The summed E-state index contributed by atoms with van der Waals surface area (Å²) in [7, 11) is 0. The van der Waals surface area contributed by atoms with Gasteiger partial charge >= 0.3 is 0 Å². The van der Waals surface area contributed by atoms with E-state index in [4.69, 9.17) is 0 Å². The molecule has 1 saturated heterocycles. The van der Waals surface area contributed by atoms with Gasteiger partial charge in [-0.1, -0.05) is 38.3 Å². The molecule has 0 aromatic rings. The fourth-order valence-corrected chi connectivity index (χ4v) is 2.53. The number of aliphatic hydroxyl groups excluding tert-OH is 1. The van der Waals surface area contributed by atoms with Gasteiger partial charge < -0.3 is 10.0 Å². The highest BCUT2D eigenvalue weighted by molar-refractivity contribution is 7.80. The highest BCUT2D eigenvalue weighted by Gasteiger charge is 2.28. The number of aliphatic hydroxyl groups is 1. The Hall–Kier alpha value is -0.480. The average molecular weight is 271 g/mol. The van der Waals surface area contributed by atoms with Crippen LogP contribution in [-0.2, 0) is 4.79 Å². The lowest BCUT2D eigenvalue weighted by molar-refractivity contribution is -0.128. The number of nitrogens with zero attached hydrogens (tertiary/aromatic N) is 1. The molecule has 0 radical (unpaired) electrons. The topological polar surface area (TPSA) is 40.5 Å². The normalized spacial score (nSPS) is 22.1. The third-order valence-corrected chi connectivity index (χ3v) is 3.57. The van der Waals surface area contributed by atoms with Gasteiger partial charge in [-0.25, -0.2) is 0 Å². The second-order valence-corrected chi connectivity index (χ2v) is 5.31. The molecule has 1 fully saturated rings. The zero-order valence-electron chi connectivity index (χ0n) is 11.2. The van der Waals surface area contributed by atoms with E-state index in [1.807, 2.05) is 17.1 Å². The largest absolute Gasteiger partial charge is 0.389 e. The highest BCUT2D eigenvalue weighted by Crippen LogP contribution is 2.20. The van der Waals surface area contributed by atoms with Crippen molar-refractivity contribution in [1.29, 1.82) is 0 Å². The maximum Gasteiger partial charge on any atom is 0.223 e. The molecule has 0 bridgehead atoms. The van der Waals surface area contributed by atoms with Crippen molar-refractivity contribution in [3.63, 3.8) is 0 Å². The molecule has 4 heteroatoms. The molecule has 0 spiro atoms. The van der Waals surface area contributed by atoms with Crippen LogP contribution in [0, 0.1) is 0 Å². The fourth-order valence-electron chi connectivity index (χ4n) is 2.31. The maximum absolute atomic E-state index is 11.6. The Labute approximate surface area is 116 Å². The molecule has 1 heterocycles. The zero-order valence-corrected chi connectivity index (χ0v) is 12.1. The van der Waals surface area contributed by atoms with Gasteiger partial charge in [0.25, 0.3) is 0 Å². The number of hydrogen-bond acceptors (Lipinski definition) is 3. The average Bonchev–Trinajstić information content (AvgIpc) is 2.69. The van der Waals surface area contributed by atoms with Crippen LogP contribution in [0.25, 0.3) is 0 Å². The molecule has 18 heavy (non-hydrogen) atoms. The minimum absolute atomic E-state index is 0.158. The first-order chi connectivity index (χ1) is 8.69. The lowest BCUT2D eigenvalue weighted by atomic mass is 10.1. The van der Waals surface area contributed by atoms with Crippen molar-refractivity contribution in [2.75, 3.05) is 12.3 Å². The molecule has 1 aliphatic heterocycles. The molecule has 3 nitrogen and oxygen atoms in total. The SMILES string of the molecule is CCCCC[C@H](O)/C=C/[C@H]1CCC(=O)N1CCS. The lowest BCUT2D eigenvalue weighted by Gasteiger charge is -2.21. The smallest absolute Gasteiger partial charge is 0.223 e. The van der Waals surface area contributed by atoms with Gasteiger partial charge in [0.05, 0.1) is 12.1 Å². The quantitative estimate of drug-likeness (QED) is 0.404. The van der Waals surface area contributed by atoms with E-state index in [2.05, 4.69) is 19.6 Å². The van der Waals surface area contributed by atoms with Crippen LogP contribution >= 0.6 is 12.6 Å². The van der Waals surface area contributed by atoms with Gasteiger partial charge in [0.1, 0.15) is 0 Å². The minimum Gasteiger partial charge on any atom is -0.389 e. The first-order valence-corrected chi connectivity index (χ1v) is 7.59. The van der Waals surface area contributed by atoms with Crippen molar-refractivity contribution in [2.24, 2.45) is 0 Å². The van der Waals surface area contributed by atoms with Gasteiger partial charge in [0.15, 0.2) is 0 Å². The molecular weight excluding hydrogens is 246 g/mol. The molecule has 0 unspecified atom stereocenters. The van der Waals surface area contributed by atoms with Gasteiger partial charge in [-0.05, 0) is 12.8 Å². The van der Waals surface area contributed by atoms with Crippen LogP contribution in [0.1, 0.15) is 45.4 Å². The summed E-state index contributed by atoms with van der Waals surface area (Å²) in [5, 5.41) is 9.81. The van der Waals surface area contributed by atoms with Crippen molar-refractivity contribution in [2.45, 2.75) is 57.6 Å². The summed E-state index contributed by atoms with van der Waals surface area (Å²) in [4.78, 5) is 13.5. The second kappa shape index (κ2) is 8.59. The molecule has 1 N–H and O–H groups in total. The number of carbonyl (C=O) groups is 1. The van der Waals surface area contributed by atoms with Crippen molar-refractivity contribution in [3.05, 3.63) is 12.2 Å². The predicted octanol–water partition coefficient (Wildman–Crippen LogP) is 2.40. The van der Waals surface area contributed by atoms with Gasteiger partial charge in [-0.2, -0.15) is 12.6 Å². The number of amides is 1. The summed E-state index contributed by atoms with van der Waals surface area (Å²) >= 11 is 4.18. The van der Waals surface area contributed by atoms with Gasteiger partial charge in [0, 0.05) is 18.7 Å². The van der Waals surface area contributed by atoms with Crippen LogP contribution in [0.2, 0.25) is 0 Å². The van der Waals surface area contributed by atoms with Crippen molar-refractivity contribution < 1.29 is 9.90 Å². The monoisotopic (exact) mass is 271 g/mol. The van der Waals surface area contributed by atoms with Gasteiger partial charge in [0.2, 0.25) is 5.91 Å². The summed E-state index contributed by atoms with van der Waals surface area (Å²) in [5.41, 5.74) is 0. The van der Waals surface area contributed by atoms with E-state index in [1.54, 1.807) is 0 Å². The fraction of sp³-hybridized carbons (Fsp3) is 0.786. The van der Waals surface area contributed by atoms with Crippen LogP contribution in [-0.4, -0.2) is 40.4 Å². The summed E-state index contributed by atoms with van der Waals surface area (Å²) in [6.45, 7) is 2.85. The Morgan fingerprint density at radius 3 is 3.00 bits per heavy atom. The van der Waals surface area contributed by atoms with E-state index in [0.717, 1.165) is 19.3 Å². The standard InChI is InChI=1S/C14H25NO2S/c1-2-3-4-5-13(16)8-6-12-7-9-14(17)15(12)10-11-18/h6,8,12-13,16,18H,2-5,7,9-11H2,1H3/b8-6+/t12-,13-/m0/s1. The second-order valence-electron chi connectivity index (χ2n) is 4.86. The Balaban J connectivity index is 2.37. The summed E-state index contributed by atoms with van der Waals surface area (Å²) < 4.78 is 0. The van der Waals surface area contributed by atoms with Crippen molar-refractivity contribution >= 4 is 18.5 Å². The first kappa shape index (κ1) is 15.6. The van der Waals surface area contributed by atoms with E-state index in [-0.39, 0.29) is 18.1 Å². The number of unbranched alkanes of at least 4 members (excludes halogenated alkanes) is 2. The van der Waals surface area contributed by atoms with E-state index >= 15 is 0 Å². The molecule has 1 amide bonds. The third kappa shape index (κ3) is 5.02. The van der Waals surface area contributed by atoms with E-state index in [0.29, 0.717) is 18.7 Å². The molecule has 0 aromatic heterocycles. The molecule has 0 saturated carbocycles. The van der Waals surface area contributed by atoms with Gasteiger partial charge in [-0.15, -0.1) is 0 Å². The Morgan fingerprint density at radius 1 is 1.56 bits per heavy atom. The lowest BCUT2D eigenvalue weighted by Crippen LogP contribution is -2.33. The zero-order chi connectivity index (χ0) is 13.4. The van der Waals surface area contributed by atoms with Gasteiger partial charge in [-0.3, -0.25) is 4.79 Å². The first-order valence-electron chi connectivity index (χ1n) is 6.95. The number of carbonyl (C=O) groups excluding carboxylic acids is 1. The molecular formula is C14H25NO2S. The number of hydrogen-bond donors (Lipinski definition) is 2. The van der Waals surface area contributed by atoms with Crippen LogP contribution in [0.5, 0.6) is 0 Å². The van der Waals surface area contributed by atoms with Crippen LogP contribution < -0.4 is 0 Å². The summed E-state index contributed by atoms with van der Waals surface area (Å²) in [5.74, 6) is 0.897. The van der Waals surface area contributed by atoms with Crippen molar-refractivity contribution in [3.8, 4) is 0 Å². The Kier molecular flexibility index (Phi) is 7.44. The highest BCUT2D eigenvalue weighted by atomic mass is 32.1. The summed E-state index contributed by atoms with van der Waals surface area (Å²) in [6, 6.07) is 0.158. The molecule has 2 atom stereocenters. The third-order valence-electron chi connectivity index (χ3n) is 3.37. The molecule has 1 aliphatic rings. The molecule has 1 rings (SSSR count). The van der Waals surface area contributed by atoms with E-state index < -0.39 is 0 Å². The minimum atomic E-state index is -0.370. The van der Waals surface area contributed by atoms with Crippen LogP contribution in [0.15, 0.2) is 12.2 Å². The number of likely N-dealkylation sites (tertiary alicyclic amines) is 1. The molecule has 0 aliphatic carbocycles. The number of thiol groups is 1. The number of rotatable bonds is 8.